The molecule has 0 aromatic carbocycles. The van der Waals surface area contributed by atoms with Gasteiger partial charge in [-0.25, -0.2) is 4.98 Å². The third kappa shape index (κ3) is 3.44. The number of nitrogens with zero attached hydrogens (tertiary/aromatic N) is 4. The van der Waals surface area contributed by atoms with Gasteiger partial charge in [-0.15, -0.1) is 0 Å². The predicted molar refractivity (Wildman–Crippen MR) is 75.8 cm³/mol. The van der Waals surface area contributed by atoms with Crippen molar-refractivity contribution in [2.75, 3.05) is 6.54 Å². The van der Waals surface area contributed by atoms with Crippen LogP contribution in [0.25, 0.3) is 0 Å². The fourth-order valence-corrected chi connectivity index (χ4v) is 2.33. The molecule has 0 aliphatic heterocycles. The molecule has 5 nitrogen and oxygen atoms in total. The number of likely N-dealkylation sites (N-methyl/N-ethyl adjacent to an activating group) is 1. The van der Waals surface area contributed by atoms with Gasteiger partial charge >= 0.3 is 0 Å². The van der Waals surface area contributed by atoms with E-state index < -0.39 is 0 Å². The van der Waals surface area contributed by atoms with E-state index in [0.29, 0.717) is 0 Å². The Morgan fingerprint density at radius 2 is 2.21 bits per heavy atom. The van der Waals surface area contributed by atoms with Crippen LogP contribution >= 0.6 is 0 Å². The van der Waals surface area contributed by atoms with Crippen LogP contribution in [0.4, 0.5) is 0 Å². The van der Waals surface area contributed by atoms with Crippen LogP contribution in [0.2, 0.25) is 0 Å². The van der Waals surface area contributed by atoms with Gasteiger partial charge in [0.25, 0.3) is 0 Å². The largest absolute Gasteiger partial charge is 0.335 e. The van der Waals surface area contributed by atoms with E-state index in [1.807, 2.05) is 24.1 Å². The highest BCUT2D eigenvalue weighted by Gasteiger charge is 2.15. The number of nitrogens with one attached hydrogen (secondary N) is 1. The van der Waals surface area contributed by atoms with Gasteiger partial charge in [-0.05, 0) is 13.0 Å². The van der Waals surface area contributed by atoms with Crippen molar-refractivity contribution < 1.29 is 0 Å². The zero-order chi connectivity index (χ0) is 13.7. The minimum absolute atomic E-state index is 0.275. The molecule has 0 radical (unpaired) electrons. The first-order valence-corrected chi connectivity index (χ1v) is 6.96. The minimum atomic E-state index is 0.275. The Labute approximate surface area is 114 Å². The Morgan fingerprint density at radius 1 is 1.37 bits per heavy atom. The molecule has 1 N–H and O–H groups in total. The Kier molecular flexibility index (Phi) is 4.74. The maximum Gasteiger partial charge on any atom is 0.110 e. The third-order valence-corrected chi connectivity index (χ3v) is 3.23. The summed E-state index contributed by atoms with van der Waals surface area (Å²) in [6.45, 7) is 6.28. The fraction of sp³-hybridized carbons (Fsp3) is 0.571. The van der Waals surface area contributed by atoms with Crippen molar-refractivity contribution in [3.63, 3.8) is 0 Å². The molecule has 2 aromatic heterocycles. The fourth-order valence-electron chi connectivity index (χ4n) is 2.33. The van der Waals surface area contributed by atoms with Gasteiger partial charge in [0.15, 0.2) is 0 Å². The van der Waals surface area contributed by atoms with Gasteiger partial charge < -0.3 is 9.88 Å². The molecule has 0 aliphatic rings. The molecule has 0 saturated carbocycles. The molecule has 2 heterocycles. The summed E-state index contributed by atoms with van der Waals surface area (Å²) in [6.07, 6.45) is 9.97. The summed E-state index contributed by atoms with van der Waals surface area (Å²) in [5, 5.41) is 7.77. The van der Waals surface area contributed by atoms with Crippen molar-refractivity contribution in [1.82, 2.24) is 24.6 Å². The van der Waals surface area contributed by atoms with Crippen LogP contribution in [-0.4, -0.2) is 25.9 Å². The van der Waals surface area contributed by atoms with Gasteiger partial charge in [0, 0.05) is 50.2 Å². The molecule has 1 unspecified atom stereocenters. The lowest BCUT2D eigenvalue weighted by atomic mass is 10.1. The zero-order valence-corrected chi connectivity index (χ0v) is 12.0. The lowest BCUT2D eigenvalue weighted by Gasteiger charge is -2.17. The molecule has 0 aliphatic carbocycles. The lowest BCUT2D eigenvalue weighted by Crippen LogP contribution is -2.24. The van der Waals surface area contributed by atoms with Gasteiger partial charge in [-0.1, -0.05) is 13.8 Å². The Bertz CT molecular complexity index is 499. The average Bonchev–Trinajstić information content (AvgIpc) is 2.99. The van der Waals surface area contributed by atoms with E-state index in [4.69, 9.17) is 0 Å². The lowest BCUT2D eigenvalue weighted by molar-refractivity contribution is 0.516. The van der Waals surface area contributed by atoms with Crippen molar-refractivity contribution in [3.05, 3.63) is 36.2 Å². The molecular weight excluding hydrogens is 238 g/mol. The standard InChI is InChI=1S/C14H23N5/c1-4-7-19-8-6-16-14(19)9-13(15-5-2)12-10-17-18(3)11-12/h6,8,10-11,13,15H,4-5,7,9H2,1-3H3. The second-order valence-corrected chi connectivity index (χ2v) is 4.80. The van der Waals surface area contributed by atoms with Crippen molar-refractivity contribution >= 4 is 0 Å². The Hall–Kier alpha value is -1.62. The zero-order valence-electron chi connectivity index (χ0n) is 12.0. The first kappa shape index (κ1) is 13.8. The highest BCUT2D eigenvalue weighted by Crippen LogP contribution is 2.17. The molecule has 0 saturated heterocycles. The second-order valence-electron chi connectivity index (χ2n) is 4.80. The van der Waals surface area contributed by atoms with Crippen LogP contribution in [0, 0.1) is 0 Å². The molecule has 104 valence electrons. The van der Waals surface area contributed by atoms with E-state index in [9.17, 15) is 0 Å². The number of hydrogen-bond acceptors (Lipinski definition) is 3. The molecule has 0 fully saturated rings. The summed E-state index contributed by atoms with van der Waals surface area (Å²) in [5.74, 6) is 1.14. The van der Waals surface area contributed by atoms with E-state index in [0.717, 1.165) is 31.8 Å². The predicted octanol–water partition coefficient (Wildman–Crippen LogP) is 1.92. The highest BCUT2D eigenvalue weighted by atomic mass is 15.2. The molecule has 2 rings (SSSR count). The molecule has 2 aromatic rings. The first-order chi connectivity index (χ1) is 9.24. The van der Waals surface area contributed by atoms with Gasteiger partial charge in [-0.3, -0.25) is 4.68 Å². The number of rotatable bonds is 7. The summed E-state index contributed by atoms with van der Waals surface area (Å²) in [5.41, 5.74) is 1.22. The average molecular weight is 261 g/mol. The Balaban J connectivity index is 2.14. The quantitative estimate of drug-likeness (QED) is 0.828. The first-order valence-electron chi connectivity index (χ1n) is 6.96. The van der Waals surface area contributed by atoms with Crippen molar-refractivity contribution in [2.45, 2.75) is 39.3 Å². The normalized spacial score (nSPS) is 12.8. The molecular formula is C14H23N5. The summed E-state index contributed by atoms with van der Waals surface area (Å²) in [7, 11) is 1.95. The van der Waals surface area contributed by atoms with Crippen molar-refractivity contribution in [3.8, 4) is 0 Å². The SMILES string of the molecule is CCCn1ccnc1CC(NCC)c1cnn(C)c1. The van der Waals surface area contributed by atoms with Crippen LogP contribution in [0.15, 0.2) is 24.8 Å². The molecule has 0 spiro atoms. The molecule has 0 bridgehead atoms. The summed E-state index contributed by atoms with van der Waals surface area (Å²) in [6, 6.07) is 0.275. The number of imidazole rings is 1. The van der Waals surface area contributed by atoms with Gasteiger partial charge in [-0.2, -0.15) is 5.10 Å². The van der Waals surface area contributed by atoms with E-state index in [2.05, 4.69) is 46.2 Å². The number of aromatic nitrogens is 4. The smallest absolute Gasteiger partial charge is 0.110 e. The monoisotopic (exact) mass is 261 g/mol. The Morgan fingerprint density at radius 3 is 2.84 bits per heavy atom. The van der Waals surface area contributed by atoms with Crippen molar-refractivity contribution in [2.24, 2.45) is 7.05 Å². The van der Waals surface area contributed by atoms with Gasteiger partial charge in [0.1, 0.15) is 5.82 Å². The van der Waals surface area contributed by atoms with E-state index >= 15 is 0 Å². The van der Waals surface area contributed by atoms with Crippen molar-refractivity contribution in [1.29, 1.82) is 0 Å². The van der Waals surface area contributed by atoms with Crippen LogP contribution in [0.1, 0.15) is 37.7 Å². The molecule has 19 heavy (non-hydrogen) atoms. The number of aryl methyl sites for hydroxylation is 2. The number of hydrogen-bond donors (Lipinski definition) is 1. The highest BCUT2D eigenvalue weighted by molar-refractivity contribution is 5.13. The van der Waals surface area contributed by atoms with Crippen LogP contribution < -0.4 is 5.32 Å². The molecule has 5 heteroatoms. The van der Waals surface area contributed by atoms with E-state index in [-0.39, 0.29) is 6.04 Å². The van der Waals surface area contributed by atoms with Gasteiger partial charge in [0.05, 0.1) is 6.20 Å². The van der Waals surface area contributed by atoms with Crippen LogP contribution in [0.5, 0.6) is 0 Å². The molecule has 1 atom stereocenters. The van der Waals surface area contributed by atoms with E-state index in [1.165, 1.54) is 5.56 Å². The van der Waals surface area contributed by atoms with Crippen LogP contribution in [-0.2, 0) is 20.0 Å². The van der Waals surface area contributed by atoms with Gasteiger partial charge in [0.2, 0.25) is 0 Å². The third-order valence-electron chi connectivity index (χ3n) is 3.23. The maximum absolute atomic E-state index is 4.48. The summed E-state index contributed by atoms with van der Waals surface area (Å²) in [4.78, 5) is 4.48. The van der Waals surface area contributed by atoms with Crippen LogP contribution in [0.3, 0.4) is 0 Å². The summed E-state index contributed by atoms with van der Waals surface area (Å²) >= 11 is 0. The van der Waals surface area contributed by atoms with E-state index in [1.54, 1.807) is 0 Å². The maximum atomic E-state index is 4.48. The second kappa shape index (κ2) is 6.52. The summed E-state index contributed by atoms with van der Waals surface area (Å²) < 4.78 is 4.08. The minimum Gasteiger partial charge on any atom is -0.335 e. The molecule has 0 amide bonds. The topological polar surface area (TPSA) is 47.7 Å².